The second-order valence-corrected chi connectivity index (χ2v) is 14.2. The number of aryl methyl sites for hydroxylation is 1. The lowest BCUT2D eigenvalue weighted by Crippen LogP contribution is -2.36. The largest absolute Gasteiger partial charge is 0.478 e. The van der Waals surface area contributed by atoms with Crippen LogP contribution in [0.25, 0.3) is 22.3 Å². The standard InChI is InChI=1S/C24H29N9O15P2/c1-9-30-21-14(22(37)31-9)29-7-33(21)24-18-15(35)11(45-24)3-42-49(38,39)47-17-12(4-43-50(40,48-18)44-8-41-10(2)34)46-23(16(17)36)32-6-28-13-19(25)26-5-27-20(13)32/h5-7,11-12,15-18,23-24,35-36H,3-4,8H2,1-2H3,(H,38,39)(H2,25,26,27)(H,30,31,37)/t11-,12-,15?,16?,17+,18+,23-,24-,50?/m1/s1. The molecule has 0 amide bonds. The summed E-state index contributed by atoms with van der Waals surface area (Å²) in [5.41, 5.74) is 5.45. The highest BCUT2D eigenvalue weighted by Gasteiger charge is 2.54. The molecule has 6 N–H and O–H groups in total. The number of nitrogens with one attached hydrogen (secondary N) is 1. The van der Waals surface area contributed by atoms with Gasteiger partial charge in [-0.15, -0.1) is 0 Å². The van der Waals surface area contributed by atoms with Crippen molar-refractivity contribution in [2.45, 2.75) is 62.9 Å². The van der Waals surface area contributed by atoms with Crippen LogP contribution < -0.4 is 11.3 Å². The third kappa shape index (κ3) is 6.45. The third-order valence-electron chi connectivity index (χ3n) is 7.89. The van der Waals surface area contributed by atoms with Crippen molar-refractivity contribution in [2.24, 2.45) is 0 Å². The SMILES string of the molecule is CC(=O)OCOP1(=O)OC[C@H]2O[C@@H](n3cnc4c(N)ncnc43)C(O)[C@H]2OP(=O)(O)OC[C@H]2O[C@@H](n3cnc4c(=O)[nH]c(C)nc43)[C@@H](O1)C2O. The van der Waals surface area contributed by atoms with Gasteiger partial charge in [0.05, 0.1) is 25.9 Å². The molecule has 7 rings (SSSR count). The van der Waals surface area contributed by atoms with Crippen LogP contribution in [0.3, 0.4) is 0 Å². The molecule has 3 aliphatic rings. The number of carbonyl (C=O) groups is 1. The maximum atomic E-state index is 14.2. The van der Waals surface area contributed by atoms with E-state index in [1.165, 1.54) is 22.4 Å². The molecule has 7 heterocycles. The van der Waals surface area contributed by atoms with E-state index in [4.69, 9.17) is 42.6 Å². The summed E-state index contributed by atoms with van der Waals surface area (Å²) < 4.78 is 73.7. The molecule has 3 saturated heterocycles. The van der Waals surface area contributed by atoms with E-state index >= 15 is 0 Å². The van der Waals surface area contributed by atoms with Crippen molar-refractivity contribution < 1.29 is 65.9 Å². The number of fused-ring (bicyclic) bond motifs is 5. The molecule has 270 valence electrons. The van der Waals surface area contributed by atoms with Crippen LogP contribution in [-0.2, 0) is 50.8 Å². The third-order valence-corrected chi connectivity index (χ3v) is 10.3. The monoisotopic (exact) mass is 745 g/mol. The summed E-state index contributed by atoms with van der Waals surface area (Å²) in [7, 11) is -10.1. The Balaban J connectivity index is 1.25. The molecule has 0 radical (unpaired) electrons. The number of anilines is 1. The highest BCUT2D eigenvalue weighted by atomic mass is 31.2. The first-order valence-corrected chi connectivity index (χ1v) is 17.6. The Labute approximate surface area is 278 Å². The van der Waals surface area contributed by atoms with E-state index in [9.17, 15) is 33.8 Å². The van der Waals surface area contributed by atoms with E-state index < -0.39 is 96.3 Å². The minimum absolute atomic E-state index is 0.0197. The normalized spacial score (nSPS) is 35.0. The van der Waals surface area contributed by atoms with Crippen molar-refractivity contribution in [3.63, 3.8) is 0 Å². The number of aromatic amines is 1. The Morgan fingerprint density at radius 2 is 1.68 bits per heavy atom. The molecule has 10 atom stereocenters. The number of H-pyrrole nitrogens is 1. The second-order valence-electron chi connectivity index (χ2n) is 11.2. The minimum atomic E-state index is -5.10. The number of carbonyl (C=O) groups excluding carboxylic acids is 1. The van der Waals surface area contributed by atoms with Crippen molar-refractivity contribution in [1.82, 2.24) is 39.0 Å². The highest BCUT2D eigenvalue weighted by Crippen LogP contribution is 2.56. The summed E-state index contributed by atoms with van der Waals surface area (Å²) in [5, 5.41) is 22.6. The number of esters is 1. The Morgan fingerprint density at radius 3 is 2.44 bits per heavy atom. The predicted molar refractivity (Wildman–Crippen MR) is 159 cm³/mol. The van der Waals surface area contributed by atoms with Gasteiger partial charge in [-0.3, -0.25) is 36.8 Å². The first kappa shape index (κ1) is 34.7. The lowest BCUT2D eigenvalue weighted by atomic mass is 10.1. The van der Waals surface area contributed by atoms with Gasteiger partial charge in [-0.25, -0.2) is 38.6 Å². The molecule has 0 aliphatic carbocycles. The molecule has 50 heavy (non-hydrogen) atoms. The molecule has 0 saturated carbocycles. The van der Waals surface area contributed by atoms with E-state index in [2.05, 4.69) is 29.9 Å². The van der Waals surface area contributed by atoms with Crippen LogP contribution in [0.1, 0.15) is 25.2 Å². The number of nitrogen functional groups attached to an aromatic ring is 1. The maximum absolute atomic E-state index is 14.2. The van der Waals surface area contributed by atoms with Crippen LogP contribution in [0, 0.1) is 6.92 Å². The van der Waals surface area contributed by atoms with Gasteiger partial charge in [0.1, 0.15) is 54.3 Å². The number of hydrogen-bond acceptors (Lipinski definition) is 20. The number of aliphatic hydroxyl groups excluding tert-OH is 2. The molecule has 4 unspecified atom stereocenters. The number of phosphoric ester groups is 2. The van der Waals surface area contributed by atoms with Crippen LogP contribution in [0.5, 0.6) is 0 Å². The number of nitrogens with zero attached hydrogens (tertiary/aromatic N) is 7. The van der Waals surface area contributed by atoms with E-state index in [1.54, 1.807) is 0 Å². The summed E-state index contributed by atoms with van der Waals surface area (Å²) in [6.45, 7) is -0.00929. The molecular formula is C24H29N9O15P2. The number of imidazole rings is 2. The van der Waals surface area contributed by atoms with E-state index in [0.717, 1.165) is 19.6 Å². The molecule has 3 fully saturated rings. The average molecular weight is 745 g/mol. The second kappa shape index (κ2) is 13.1. The fraction of sp³-hybridized carbons (Fsp3) is 0.542. The van der Waals surface area contributed by atoms with Crippen LogP contribution in [0.4, 0.5) is 5.82 Å². The molecule has 3 aliphatic heterocycles. The molecule has 4 aromatic heterocycles. The van der Waals surface area contributed by atoms with E-state index in [-0.39, 0.29) is 34.0 Å². The Bertz CT molecular complexity index is 2090. The molecule has 4 aromatic rings. The number of rotatable bonds is 5. The number of aromatic nitrogens is 8. The molecular weight excluding hydrogens is 716 g/mol. The molecule has 0 spiro atoms. The van der Waals surface area contributed by atoms with E-state index in [0.29, 0.717) is 0 Å². The molecule has 26 heteroatoms. The van der Waals surface area contributed by atoms with Crippen LogP contribution in [0.2, 0.25) is 0 Å². The summed E-state index contributed by atoms with van der Waals surface area (Å²) in [4.78, 5) is 57.7. The average Bonchev–Trinajstić information content (AvgIpc) is 3.80. The fourth-order valence-corrected chi connectivity index (χ4v) is 7.82. The summed E-state index contributed by atoms with van der Waals surface area (Å²) in [6, 6.07) is 0. The van der Waals surface area contributed by atoms with Gasteiger partial charge in [0.2, 0.25) is 6.79 Å². The van der Waals surface area contributed by atoms with Crippen LogP contribution in [-0.4, -0.2) is 117 Å². The summed E-state index contributed by atoms with van der Waals surface area (Å²) >= 11 is 0. The number of ether oxygens (including phenoxy) is 3. The zero-order valence-electron chi connectivity index (χ0n) is 25.8. The number of nitrogens with two attached hydrogens (primary N) is 1. The first-order chi connectivity index (χ1) is 23.7. The smallest absolute Gasteiger partial charge is 0.438 e. The Kier molecular flexibility index (Phi) is 9.07. The predicted octanol–water partition coefficient (Wildman–Crippen LogP) is -1.07. The van der Waals surface area contributed by atoms with Gasteiger partial charge < -0.3 is 40.0 Å². The van der Waals surface area contributed by atoms with Crippen molar-refractivity contribution in [2.75, 3.05) is 25.7 Å². The van der Waals surface area contributed by atoms with E-state index in [1.807, 2.05) is 0 Å². The van der Waals surface area contributed by atoms with Gasteiger partial charge in [0.15, 0.2) is 35.1 Å². The molecule has 2 bridgehead atoms. The van der Waals surface area contributed by atoms with Gasteiger partial charge in [-0.1, -0.05) is 0 Å². The van der Waals surface area contributed by atoms with Crippen molar-refractivity contribution in [3.05, 3.63) is 35.2 Å². The molecule has 24 nitrogen and oxygen atoms in total. The lowest BCUT2D eigenvalue weighted by Gasteiger charge is -2.27. The van der Waals surface area contributed by atoms with Crippen molar-refractivity contribution in [1.29, 1.82) is 0 Å². The van der Waals surface area contributed by atoms with Crippen LogP contribution >= 0.6 is 15.6 Å². The zero-order valence-corrected chi connectivity index (χ0v) is 27.6. The quantitative estimate of drug-likeness (QED) is 0.0922. The topological polar surface area (TPSA) is 319 Å². The van der Waals surface area contributed by atoms with Crippen molar-refractivity contribution >= 4 is 49.8 Å². The summed E-state index contributed by atoms with van der Waals surface area (Å²) in [5.74, 6) is -0.587. The van der Waals surface area contributed by atoms with Gasteiger partial charge >= 0.3 is 21.6 Å². The Hall–Kier alpha value is -3.77. The highest BCUT2D eigenvalue weighted by molar-refractivity contribution is 7.48. The number of hydrogen-bond donors (Lipinski definition) is 5. The van der Waals surface area contributed by atoms with Gasteiger partial charge in [0, 0.05) is 6.92 Å². The fourth-order valence-electron chi connectivity index (χ4n) is 5.62. The van der Waals surface area contributed by atoms with Gasteiger partial charge in [-0.2, -0.15) is 0 Å². The zero-order chi connectivity index (χ0) is 35.5. The number of phosphoric acid groups is 2. The first-order valence-electron chi connectivity index (χ1n) is 14.6. The maximum Gasteiger partial charge on any atom is 0.478 e. The lowest BCUT2D eigenvalue weighted by molar-refractivity contribution is -0.149. The number of aliphatic hydroxyl groups is 2. The summed E-state index contributed by atoms with van der Waals surface area (Å²) in [6.07, 6.45) is -9.19. The van der Waals surface area contributed by atoms with Crippen LogP contribution in [0.15, 0.2) is 23.8 Å². The Morgan fingerprint density at radius 1 is 0.980 bits per heavy atom. The van der Waals surface area contributed by atoms with Crippen molar-refractivity contribution in [3.8, 4) is 0 Å². The minimum Gasteiger partial charge on any atom is -0.438 e. The van der Waals surface area contributed by atoms with Gasteiger partial charge in [-0.05, 0) is 6.92 Å². The molecule has 0 aromatic carbocycles. The van der Waals surface area contributed by atoms with Gasteiger partial charge in [0.25, 0.3) is 5.56 Å².